The Kier molecular flexibility index (Phi) is 9.28. The molecule has 3 rings (SSSR count). The first kappa shape index (κ1) is 27.1. The van der Waals surface area contributed by atoms with E-state index in [0.717, 1.165) is 51.1 Å². The normalized spacial score (nSPS) is 17.1. The molecule has 2 aromatic rings. The zero-order valence-electron chi connectivity index (χ0n) is 21.0. The van der Waals surface area contributed by atoms with Crippen LogP contribution in [0.5, 0.6) is 0 Å². The summed E-state index contributed by atoms with van der Waals surface area (Å²) in [6, 6.07) is 18.2. The summed E-state index contributed by atoms with van der Waals surface area (Å²) in [5, 5.41) is 10.1. The molecule has 6 nitrogen and oxygen atoms in total. The Hall–Kier alpha value is -2.47. The Bertz CT molecular complexity index is 1080. The molecule has 190 valence electrons. The molecule has 1 saturated heterocycles. The van der Waals surface area contributed by atoms with E-state index in [-0.39, 0.29) is 17.5 Å². The first-order chi connectivity index (χ1) is 16.7. The molecule has 0 aliphatic carbocycles. The van der Waals surface area contributed by atoms with Crippen LogP contribution < -0.4 is 4.31 Å². The maximum absolute atomic E-state index is 13.1. The quantitative estimate of drug-likeness (QED) is 0.465. The van der Waals surface area contributed by atoms with Crippen LogP contribution in [0.4, 0.5) is 10.1 Å². The molecule has 0 aromatic heterocycles. The number of piperazine rings is 1. The summed E-state index contributed by atoms with van der Waals surface area (Å²) in [6.45, 7) is 9.07. The number of nitrogens with zero attached hydrogens (tertiary/aromatic N) is 4. The van der Waals surface area contributed by atoms with Crippen LogP contribution in [0.25, 0.3) is 0 Å². The van der Waals surface area contributed by atoms with E-state index >= 15 is 0 Å². The van der Waals surface area contributed by atoms with Gasteiger partial charge in [-0.2, -0.15) is 5.26 Å². The predicted octanol–water partition coefficient (Wildman–Crippen LogP) is 4.11. The Balaban J connectivity index is 1.45. The SMILES string of the molecule is CC(C)C(C#N)(CCCN1CCN(CCS(=O)(=O)N(C)c2ccc(F)cc2)CC1)c1ccccc1. The van der Waals surface area contributed by atoms with Crippen molar-refractivity contribution in [2.75, 3.05) is 56.4 Å². The number of nitriles is 1. The zero-order chi connectivity index (χ0) is 25.5. The second-order valence-corrected chi connectivity index (χ2v) is 11.8. The van der Waals surface area contributed by atoms with E-state index in [4.69, 9.17) is 0 Å². The molecule has 35 heavy (non-hydrogen) atoms. The highest BCUT2D eigenvalue weighted by molar-refractivity contribution is 7.92. The van der Waals surface area contributed by atoms with Gasteiger partial charge in [0.15, 0.2) is 0 Å². The number of halogens is 1. The van der Waals surface area contributed by atoms with E-state index in [1.807, 2.05) is 18.2 Å². The van der Waals surface area contributed by atoms with Gasteiger partial charge >= 0.3 is 0 Å². The van der Waals surface area contributed by atoms with Gasteiger partial charge in [0.1, 0.15) is 5.82 Å². The Labute approximate surface area is 210 Å². The van der Waals surface area contributed by atoms with Crippen LogP contribution in [-0.4, -0.2) is 70.3 Å². The molecule has 0 amide bonds. The lowest BCUT2D eigenvalue weighted by atomic mass is 9.70. The molecule has 0 spiro atoms. The molecule has 1 fully saturated rings. The van der Waals surface area contributed by atoms with E-state index in [9.17, 15) is 18.1 Å². The van der Waals surface area contributed by atoms with E-state index < -0.39 is 15.4 Å². The summed E-state index contributed by atoms with van der Waals surface area (Å²) in [5.41, 5.74) is 1.07. The lowest BCUT2D eigenvalue weighted by Crippen LogP contribution is -2.48. The minimum absolute atomic E-state index is 0.0248. The van der Waals surface area contributed by atoms with E-state index in [0.29, 0.717) is 12.2 Å². The molecule has 0 N–H and O–H groups in total. The van der Waals surface area contributed by atoms with Crippen molar-refractivity contribution in [2.24, 2.45) is 5.92 Å². The molecule has 0 bridgehead atoms. The summed E-state index contributed by atoms with van der Waals surface area (Å²) in [5.74, 6) is -0.140. The monoisotopic (exact) mass is 500 g/mol. The van der Waals surface area contributed by atoms with Crippen molar-refractivity contribution in [3.05, 3.63) is 66.0 Å². The zero-order valence-corrected chi connectivity index (χ0v) is 21.8. The standard InChI is InChI=1S/C27H37FN4O2S/c1-23(2)27(22-29,24-8-5-4-6-9-24)14-7-15-31-16-18-32(19-17-31)20-21-35(33,34)30(3)26-12-10-25(28)11-13-26/h4-6,8-13,23H,7,14-21H2,1-3H3. The summed E-state index contributed by atoms with van der Waals surface area (Å²) >= 11 is 0. The first-order valence-corrected chi connectivity index (χ1v) is 13.9. The summed E-state index contributed by atoms with van der Waals surface area (Å²) in [6.07, 6.45) is 1.76. The molecule has 0 saturated carbocycles. The Morgan fingerprint density at radius 2 is 1.57 bits per heavy atom. The van der Waals surface area contributed by atoms with Gasteiger partial charge in [-0.1, -0.05) is 44.2 Å². The minimum Gasteiger partial charge on any atom is -0.301 e. The van der Waals surface area contributed by atoms with Gasteiger partial charge in [-0.3, -0.25) is 9.21 Å². The smallest absolute Gasteiger partial charge is 0.236 e. The van der Waals surface area contributed by atoms with Crippen molar-refractivity contribution in [3.63, 3.8) is 0 Å². The number of hydrogen-bond donors (Lipinski definition) is 0. The minimum atomic E-state index is -3.48. The fraction of sp³-hybridized carbons (Fsp3) is 0.519. The third-order valence-electron chi connectivity index (χ3n) is 7.26. The Morgan fingerprint density at radius 1 is 1.00 bits per heavy atom. The fourth-order valence-electron chi connectivity index (χ4n) is 4.76. The van der Waals surface area contributed by atoms with Crippen molar-refractivity contribution in [3.8, 4) is 6.07 Å². The van der Waals surface area contributed by atoms with E-state index in [2.05, 4.69) is 41.8 Å². The van der Waals surface area contributed by atoms with E-state index in [1.165, 1.54) is 35.6 Å². The summed E-state index contributed by atoms with van der Waals surface area (Å²) in [7, 11) is -1.97. The molecular weight excluding hydrogens is 463 g/mol. The third-order valence-corrected chi connectivity index (χ3v) is 9.00. The molecule has 1 aliphatic rings. The van der Waals surface area contributed by atoms with Gasteiger partial charge in [0, 0.05) is 39.8 Å². The molecule has 1 aliphatic heterocycles. The second-order valence-electron chi connectivity index (χ2n) is 9.65. The highest BCUT2D eigenvalue weighted by atomic mass is 32.2. The number of benzene rings is 2. The van der Waals surface area contributed by atoms with Gasteiger partial charge in [0.25, 0.3) is 0 Å². The molecule has 1 heterocycles. The van der Waals surface area contributed by atoms with Gasteiger partial charge in [0.05, 0.1) is 22.9 Å². The van der Waals surface area contributed by atoms with Gasteiger partial charge in [0.2, 0.25) is 10.0 Å². The second kappa shape index (κ2) is 12.0. The van der Waals surface area contributed by atoms with Gasteiger partial charge in [-0.25, -0.2) is 12.8 Å². The lowest BCUT2D eigenvalue weighted by Gasteiger charge is -2.36. The van der Waals surface area contributed by atoms with Crippen LogP contribution in [0.3, 0.4) is 0 Å². The number of sulfonamides is 1. The van der Waals surface area contributed by atoms with Crippen LogP contribution in [0.2, 0.25) is 0 Å². The topological polar surface area (TPSA) is 67.6 Å². The third kappa shape index (κ3) is 6.81. The first-order valence-electron chi connectivity index (χ1n) is 12.3. The molecule has 8 heteroatoms. The largest absolute Gasteiger partial charge is 0.301 e. The number of rotatable bonds is 11. The predicted molar refractivity (Wildman–Crippen MR) is 139 cm³/mol. The highest BCUT2D eigenvalue weighted by Gasteiger charge is 2.35. The molecule has 2 aromatic carbocycles. The fourth-order valence-corrected chi connectivity index (χ4v) is 5.97. The molecular formula is C27H37FN4O2S. The van der Waals surface area contributed by atoms with Gasteiger partial charge in [-0.05, 0) is 55.1 Å². The van der Waals surface area contributed by atoms with Crippen LogP contribution in [0.1, 0.15) is 32.3 Å². The number of hydrogen-bond acceptors (Lipinski definition) is 5. The van der Waals surface area contributed by atoms with Crippen molar-refractivity contribution in [1.29, 1.82) is 5.26 Å². The van der Waals surface area contributed by atoms with Gasteiger partial charge < -0.3 is 4.90 Å². The van der Waals surface area contributed by atoms with Gasteiger partial charge in [-0.15, -0.1) is 0 Å². The molecule has 1 atom stereocenters. The van der Waals surface area contributed by atoms with Crippen molar-refractivity contribution < 1.29 is 12.8 Å². The van der Waals surface area contributed by atoms with Crippen molar-refractivity contribution in [1.82, 2.24) is 9.80 Å². The summed E-state index contributed by atoms with van der Waals surface area (Å²) < 4.78 is 39.8. The van der Waals surface area contributed by atoms with Crippen LogP contribution in [-0.2, 0) is 15.4 Å². The maximum Gasteiger partial charge on any atom is 0.236 e. The molecule has 1 unspecified atom stereocenters. The summed E-state index contributed by atoms with van der Waals surface area (Å²) in [4.78, 5) is 4.59. The van der Waals surface area contributed by atoms with Crippen LogP contribution >= 0.6 is 0 Å². The average Bonchev–Trinajstić information content (AvgIpc) is 2.86. The highest BCUT2D eigenvalue weighted by Crippen LogP contribution is 2.36. The maximum atomic E-state index is 13.1. The van der Waals surface area contributed by atoms with E-state index in [1.54, 1.807) is 0 Å². The van der Waals surface area contributed by atoms with Crippen molar-refractivity contribution >= 4 is 15.7 Å². The van der Waals surface area contributed by atoms with Crippen molar-refractivity contribution in [2.45, 2.75) is 32.1 Å². The Morgan fingerprint density at radius 3 is 2.11 bits per heavy atom. The lowest BCUT2D eigenvalue weighted by molar-refractivity contribution is 0.133. The molecule has 0 radical (unpaired) electrons. The number of anilines is 1. The average molecular weight is 501 g/mol. The van der Waals surface area contributed by atoms with Crippen LogP contribution in [0, 0.1) is 23.1 Å². The van der Waals surface area contributed by atoms with Crippen LogP contribution in [0.15, 0.2) is 54.6 Å².